The zero-order valence-electron chi connectivity index (χ0n) is 22.7. The van der Waals surface area contributed by atoms with Crippen LogP contribution in [0.15, 0.2) is 30.6 Å². The maximum Gasteiger partial charge on any atom is 0.223 e. The molecular formula is C30H38FN5O3. The SMILES string of the molecule is CC(C)c1c(CN2C3CCCC2CC(O)C3)cnc2ccc(-c3nc(N[C@@H]4CCOC[C@H]4O)ncc3F)cc12. The second kappa shape index (κ2) is 11.0. The van der Waals surface area contributed by atoms with E-state index in [4.69, 9.17) is 9.72 Å². The van der Waals surface area contributed by atoms with E-state index >= 15 is 4.39 Å². The van der Waals surface area contributed by atoms with Gasteiger partial charge in [0, 0.05) is 42.4 Å². The van der Waals surface area contributed by atoms with Crippen LogP contribution in [0.2, 0.25) is 0 Å². The lowest BCUT2D eigenvalue weighted by Crippen LogP contribution is -2.52. The first-order chi connectivity index (χ1) is 18.9. The molecular weight excluding hydrogens is 497 g/mol. The van der Waals surface area contributed by atoms with Crippen molar-refractivity contribution >= 4 is 16.9 Å². The molecule has 4 atom stereocenters. The molecule has 0 radical (unpaired) electrons. The Labute approximate surface area is 228 Å². The van der Waals surface area contributed by atoms with Crippen LogP contribution in [0.3, 0.4) is 0 Å². The summed E-state index contributed by atoms with van der Waals surface area (Å²) in [4.78, 5) is 16.0. The number of ether oxygens (including phenoxy) is 1. The largest absolute Gasteiger partial charge is 0.393 e. The lowest BCUT2D eigenvalue weighted by atomic mass is 9.82. The van der Waals surface area contributed by atoms with Crippen molar-refractivity contribution in [3.05, 3.63) is 47.5 Å². The number of fused-ring (bicyclic) bond motifs is 3. The highest BCUT2D eigenvalue weighted by atomic mass is 19.1. The Morgan fingerprint density at radius 3 is 2.64 bits per heavy atom. The minimum atomic E-state index is -0.669. The van der Waals surface area contributed by atoms with Gasteiger partial charge in [-0.05, 0) is 61.3 Å². The molecule has 0 spiro atoms. The number of halogens is 1. The van der Waals surface area contributed by atoms with Crippen molar-refractivity contribution in [3.63, 3.8) is 0 Å². The van der Waals surface area contributed by atoms with Gasteiger partial charge in [0.15, 0.2) is 5.82 Å². The molecule has 6 rings (SSSR count). The monoisotopic (exact) mass is 535 g/mol. The molecule has 2 bridgehead atoms. The molecule has 8 nitrogen and oxygen atoms in total. The van der Waals surface area contributed by atoms with Gasteiger partial charge >= 0.3 is 0 Å². The fourth-order valence-corrected chi connectivity index (χ4v) is 6.81. The summed E-state index contributed by atoms with van der Waals surface area (Å²) in [5, 5.41) is 24.8. The third-order valence-corrected chi connectivity index (χ3v) is 8.68. The van der Waals surface area contributed by atoms with E-state index in [2.05, 4.69) is 34.0 Å². The normalized spacial score (nSPS) is 27.7. The molecule has 0 amide bonds. The molecule has 1 aromatic carbocycles. The Hall–Kier alpha value is -2.72. The van der Waals surface area contributed by atoms with Crippen molar-refractivity contribution in [2.45, 2.75) is 95.2 Å². The quantitative estimate of drug-likeness (QED) is 0.427. The van der Waals surface area contributed by atoms with Crippen LogP contribution in [0, 0.1) is 5.82 Å². The van der Waals surface area contributed by atoms with Gasteiger partial charge in [-0.1, -0.05) is 26.3 Å². The number of aliphatic hydroxyl groups excluding tert-OH is 2. The van der Waals surface area contributed by atoms with Gasteiger partial charge in [-0.2, -0.15) is 0 Å². The van der Waals surface area contributed by atoms with Crippen LogP contribution in [0.5, 0.6) is 0 Å². The number of hydrogen-bond acceptors (Lipinski definition) is 8. The van der Waals surface area contributed by atoms with E-state index in [0.717, 1.165) is 43.1 Å². The van der Waals surface area contributed by atoms with Crippen LogP contribution in [0.4, 0.5) is 10.3 Å². The second-order valence-electron chi connectivity index (χ2n) is 11.7. The molecule has 3 saturated heterocycles. The number of rotatable bonds is 6. The van der Waals surface area contributed by atoms with Gasteiger partial charge in [0.25, 0.3) is 0 Å². The average molecular weight is 536 g/mol. The Kier molecular flexibility index (Phi) is 7.50. The first-order valence-electron chi connectivity index (χ1n) is 14.3. The first kappa shape index (κ1) is 26.5. The zero-order chi connectivity index (χ0) is 27.1. The summed E-state index contributed by atoms with van der Waals surface area (Å²) in [7, 11) is 0. The van der Waals surface area contributed by atoms with Gasteiger partial charge in [0.2, 0.25) is 5.95 Å². The third-order valence-electron chi connectivity index (χ3n) is 8.68. The van der Waals surface area contributed by atoms with E-state index in [9.17, 15) is 10.2 Å². The summed E-state index contributed by atoms with van der Waals surface area (Å²) >= 11 is 0. The summed E-state index contributed by atoms with van der Waals surface area (Å²) in [5.41, 5.74) is 4.18. The topological polar surface area (TPSA) is 104 Å². The zero-order valence-corrected chi connectivity index (χ0v) is 22.7. The van der Waals surface area contributed by atoms with Crippen LogP contribution in [0.25, 0.3) is 22.2 Å². The van der Waals surface area contributed by atoms with Gasteiger partial charge in [-0.15, -0.1) is 0 Å². The van der Waals surface area contributed by atoms with E-state index in [1.807, 2.05) is 24.4 Å². The fraction of sp³-hybridized carbons (Fsp3) is 0.567. The van der Waals surface area contributed by atoms with Crippen molar-refractivity contribution < 1.29 is 19.3 Å². The van der Waals surface area contributed by atoms with Crippen LogP contribution < -0.4 is 5.32 Å². The third kappa shape index (κ3) is 5.37. The maximum atomic E-state index is 15.1. The highest BCUT2D eigenvalue weighted by Crippen LogP contribution is 2.38. The summed E-state index contributed by atoms with van der Waals surface area (Å²) in [6, 6.07) is 6.36. The second-order valence-corrected chi connectivity index (χ2v) is 11.7. The molecule has 39 heavy (non-hydrogen) atoms. The van der Waals surface area contributed by atoms with Crippen molar-refractivity contribution in [1.29, 1.82) is 0 Å². The van der Waals surface area contributed by atoms with E-state index in [-0.39, 0.29) is 36.3 Å². The number of anilines is 1. The highest BCUT2D eigenvalue weighted by molar-refractivity contribution is 5.88. The molecule has 3 fully saturated rings. The number of aromatic nitrogens is 3. The van der Waals surface area contributed by atoms with E-state index < -0.39 is 11.9 Å². The summed E-state index contributed by atoms with van der Waals surface area (Å²) in [6.45, 7) is 5.99. The average Bonchev–Trinajstić information content (AvgIpc) is 2.91. The Morgan fingerprint density at radius 1 is 1.10 bits per heavy atom. The predicted octanol–water partition coefficient (Wildman–Crippen LogP) is 4.39. The van der Waals surface area contributed by atoms with E-state index in [1.165, 1.54) is 23.7 Å². The molecule has 0 aliphatic carbocycles. The molecule has 3 aliphatic heterocycles. The molecule has 3 aliphatic rings. The Morgan fingerprint density at radius 2 is 1.90 bits per heavy atom. The summed E-state index contributed by atoms with van der Waals surface area (Å²) < 4.78 is 20.4. The predicted molar refractivity (Wildman–Crippen MR) is 148 cm³/mol. The number of hydrogen-bond donors (Lipinski definition) is 3. The maximum absolute atomic E-state index is 15.1. The van der Waals surface area contributed by atoms with Crippen molar-refractivity contribution in [3.8, 4) is 11.3 Å². The molecule has 3 N–H and O–H groups in total. The fourth-order valence-electron chi connectivity index (χ4n) is 6.81. The first-order valence-corrected chi connectivity index (χ1v) is 14.3. The lowest BCUT2D eigenvalue weighted by Gasteiger charge is -2.48. The highest BCUT2D eigenvalue weighted by Gasteiger charge is 2.38. The van der Waals surface area contributed by atoms with Gasteiger partial charge in [-0.3, -0.25) is 9.88 Å². The molecule has 3 aromatic rings. The molecule has 208 valence electrons. The van der Waals surface area contributed by atoms with Gasteiger partial charge in [0.05, 0.1) is 36.6 Å². The van der Waals surface area contributed by atoms with Crippen molar-refractivity contribution in [1.82, 2.24) is 19.9 Å². The minimum Gasteiger partial charge on any atom is -0.393 e. The number of nitrogens with one attached hydrogen (secondary N) is 1. The van der Waals surface area contributed by atoms with Gasteiger partial charge < -0.3 is 20.3 Å². The van der Waals surface area contributed by atoms with Crippen LogP contribution in [0.1, 0.15) is 69.4 Å². The van der Waals surface area contributed by atoms with Gasteiger partial charge in [-0.25, -0.2) is 14.4 Å². The number of piperidine rings is 2. The van der Waals surface area contributed by atoms with Crippen LogP contribution >= 0.6 is 0 Å². The molecule has 2 unspecified atom stereocenters. The Bertz CT molecular complexity index is 1320. The summed E-state index contributed by atoms with van der Waals surface area (Å²) in [5.74, 6) is 0.0352. The summed E-state index contributed by atoms with van der Waals surface area (Å²) in [6.07, 6.45) is 8.11. The smallest absolute Gasteiger partial charge is 0.223 e. The van der Waals surface area contributed by atoms with E-state index in [0.29, 0.717) is 30.7 Å². The van der Waals surface area contributed by atoms with Crippen molar-refractivity contribution in [2.75, 3.05) is 18.5 Å². The molecule has 2 aromatic heterocycles. The number of aliphatic hydroxyl groups is 2. The number of pyridine rings is 1. The lowest BCUT2D eigenvalue weighted by molar-refractivity contribution is -0.0314. The minimum absolute atomic E-state index is 0.199. The van der Waals surface area contributed by atoms with Gasteiger partial charge in [0.1, 0.15) is 5.69 Å². The molecule has 0 saturated carbocycles. The Balaban J connectivity index is 1.34. The number of benzene rings is 1. The van der Waals surface area contributed by atoms with Crippen LogP contribution in [-0.2, 0) is 11.3 Å². The van der Waals surface area contributed by atoms with Crippen LogP contribution in [-0.4, -0.2) is 73.6 Å². The van der Waals surface area contributed by atoms with E-state index in [1.54, 1.807) is 0 Å². The number of nitrogens with zero attached hydrogens (tertiary/aromatic N) is 4. The molecule has 5 heterocycles. The molecule has 9 heteroatoms. The van der Waals surface area contributed by atoms with Crippen molar-refractivity contribution in [2.24, 2.45) is 0 Å². The standard InChI is InChI=1S/C30H38FN5O3/c1-17(2)28-19(15-36-20-4-3-5-21(36)12-22(37)11-20)13-32-25-7-6-18(10-23(25)28)29-24(31)14-33-30(35-29)34-26-8-9-39-16-27(26)38/h6-7,10,13-14,17,20-22,26-27,37-38H,3-5,8-9,11-12,15-16H2,1-2H3,(H,33,34,35)/t20?,21?,22?,26-,27-/m1/s1.